The summed E-state index contributed by atoms with van der Waals surface area (Å²) in [6.07, 6.45) is 0. The van der Waals surface area contributed by atoms with Gasteiger partial charge in [-0.3, -0.25) is 4.79 Å². The standard InChI is InChI=1S/C24H18N2O3/c1-15-6-8-16(9-7-15)13-26-20-5-3-2-4-18(20)24(23(26)28)14-29-22-11-21(27)17(12-25)10-19(22)24/h2-11,27H,13-14H2,1H3. The lowest BCUT2D eigenvalue weighted by molar-refractivity contribution is -0.122. The predicted molar refractivity (Wildman–Crippen MR) is 108 cm³/mol. The first-order chi connectivity index (χ1) is 14.0. The van der Waals surface area contributed by atoms with E-state index < -0.39 is 5.41 Å². The Balaban J connectivity index is 1.66. The van der Waals surface area contributed by atoms with Crippen molar-refractivity contribution in [3.8, 4) is 17.6 Å². The van der Waals surface area contributed by atoms with Crippen LogP contribution in [0.25, 0.3) is 0 Å². The number of fused-ring (bicyclic) bond motifs is 4. The molecule has 2 aliphatic heterocycles. The molecule has 1 unspecified atom stereocenters. The van der Waals surface area contributed by atoms with Gasteiger partial charge in [0, 0.05) is 17.3 Å². The number of ether oxygens (including phenoxy) is 1. The van der Waals surface area contributed by atoms with E-state index in [1.807, 2.05) is 61.5 Å². The molecule has 0 fully saturated rings. The van der Waals surface area contributed by atoms with Gasteiger partial charge in [-0.25, -0.2) is 0 Å². The second-order valence-electron chi connectivity index (χ2n) is 7.57. The highest BCUT2D eigenvalue weighted by Gasteiger charge is 2.57. The summed E-state index contributed by atoms with van der Waals surface area (Å²) in [5.74, 6) is 0.230. The smallest absolute Gasteiger partial charge is 0.246 e. The quantitative estimate of drug-likeness (QED) is 0.732. The Morgan fingerprint density at radius 1 is 1.14 bits per heavy atom. The van der Waals surface area contributed by atoms with Crippen LogP contribution in [-0.4, -0.2) is 17.6 Å². The number of carbonyl (C=O) groups is 1. The van der Waals surface area contributed by atoms with Gasteiger partial charge in [0.1, 0.15) is 29.6 Å². The Morgan fingerprint density at radius 3 is 2.66 bits per heavy atom. The predicted octanol–water partition coefficient (Wildman–Crippen LogP) is 3.80. The Kier molecular flexibility index (Phi) is 3.65. The number of aromatic hydroxyl groups is 1. The number of benzene rings is 3. The van der Waals surface area contributed by atoms with E-state index >= 15 is 0 Å². The Morgan fingerprint density at radius 2 is 1.90 bits per heavy atom. The number of para-hydroxylation sites is 1. The van der Waals surface area contributed by atoms with Gasteiger partial charge in [0.05, 0.1) is 12.1 Å². The minimum atomic E-state index is -1.00. The maximum Gasteiger partial charge on any atom is 0.246 e. The SMILES string of the molecule is Cc1ccc(CN2C(=O)C3(COc4cc(O)c(C#N)cc43)c3ccccc32)cc1. The molecule has 5 rings (SSSR count). The fourth-order valence-corrected chi connectivity index (χ4v) is 4.33. The Hall–Kier alpha value is -3.78. The molecular formula is C24H18N2O3. The summed E-state index contributed by atoms with van der Waals surface area (Å²) in [5, 5.41) is 19.4. The summed E-state index contributed by atoms with van der Waals surface area (Å²) in [5.41, 5.74) is 3.69. The zero-order chi connectivity index (χ0) is 20.2. The van der Waals surface area contributed by atoms with Crippen molar-refractivity contribution in [1.82, 2.24) is 0 Å². The molecule has 142 valence electrons. The number of nitrogens with zero attached hydrogens (tertiary/aromatic N) is 2. The van der Waals surface area contributed by atoms with Crippen molar-refractivity contribution < 1.29 is 14.6 Å². The number of rotatable bonds is 2. The van der Waals surface area contributed by atoms with E-state index in [0.29, 0.717) is 17.9 Å². The summed E-state index contributed by atoms with van der Waals surface area (Å²) in [4.78, 5) is 15.6. The highest BCUT2D eigenvalue weighted by Crippen LogP contribution is 2.53. The first-order valence-corrected chi connectivity index (χ1v) is 9.42. The molecule has 3 aromatic rings. The average molecular weight is 382 g/mol. The van der Waals surface area contributed by atoms with Crippen LogP contribution in [0.15, 0.2) is 60.7 Å². The highest BCUT2D eigenvalue weighted by molar-refractivity contribution is 6.11. The molecule has 3 aromatic carbocycles. The van der Waals surface area contributed by atoms with Gasteiger partial charge in [0.15, 0.2) is 0 Å². The second-order valence-corrected chi connectivity index (χ2v) is 7.57. The number of anilines is 1. The van der Waals surface area contributed by atoms with E-state index in [-0.39, 0.29) is 23.8 Å². The summed E-state index contributed by atoms with van der Waals surface area (Å²) in [7, 11) is 0. The van der Waals surface area contributed by atoms with E-state index in [9.17, 15) is 15.2 Å². The van der Waals surface area contributed by atoms with Gasteiger partial charge in [0.2, 0.25) is 5.91 Å². The van der Waals surface area contributed by atoms with Crippen molar-refractivity contribution in [2.45, 2.75) is 18.9 Å². The Bertz CT molecular complexity index is 1190. The van der Waals surface area contributed by atoms with E-state index in [0.717, 1.165) is 16.8 Å². The topological polar surface area (TPSA) is 73.6 Å². The van der Waals surface area contributed by atoms with Gasteiger partial charge >= 0.3 is 0 Å². The molecular weight excluding hydrogens is 364 g/mol. The van der Waals surface area contributed by atoms with Crippen LogP contribution in [0.1, 0.15) is 27.8 Å². The maximum absolute atomic E-state index is 13.8. The number of hydrogen-bond acceptors (Lipinski definition) is 4. The van der Waals surface area contributed by atoms with Crippen LogP contribution < -0.4 is 9.64 Å². The van der Waals surface area contributed by atoms with E-state index in [2.05, 4.69) is 0 Å². The van der Waals surface area contributed by atoms with Gasteiger partial charge < -0.3 is 14.7 Å². The van der Waals surface area contributed by atoms with E-state index in [1.54, 1.807) is 11.0 Å². The molecule has 2 aliphatic rings. The van der Waals surface area contributed by atoms with Crippen molar-refractivity contribution in [2.24, 2.45) is 0 Å². The lowest BCUT2D eigenvalue weighted by Gasteiger charge is -2.23. The lowest BCUT2D eigenvalue weighted by Crippen LogP contribution is -2.42. The van der Waals surface area contributed by atoms with Crippen LogP contribution in [0.2, 0.25) is 0 Å². The molecule has 5 heteroatoms. The number of amides is 1. The second kappa shape index (κ2) is 6.11. The Labute approximate surface area is 168 Å². The van der Waals surface area contributed by atoms with Crippen LogP contribution in [0.4, 0.5) is 5.69 Å². The molecule has 2 heterocycles. The van der Waals surface area contributed by atoms with Gasteiger partial charge in [-0.2, -0.15) is 5.26 Å². The van der Waals surface area contributed by atoms with Gasteiger partial charge in [0.25, 0.3) is 0 Å². The van der Waals surface area contributed by atoms with Crippen LogP contribution in [-0.2, 0) is 16.8 Å². The zero-order valence-electron chi connectivity index (χ0n) is 15.8. The minimum Gasteiger partial charge on any atom is -0.506 e. The summed E-state index contributed by atoms with van der Waals surface area (Å²) in [6.45, 7) is 2.64. The number of hydrogen-bond donors (Lipinski definition) is 1. The summed E-state index contributed by atoms with van der Waals surface area (Å²) >= 11 is 0. The van der Waals surface area contributed by atoms with Crippen LogP contribution in [0.5, 0.6) is 11.5 Å². The molecule has 0 radical (unpaired) electrons. The summed E-state index contributed by atoms with van der Waals surface area (Å²) < 4.78 is 5.84. The molecule has 0 saturated heterocycles. The molecule has 1 atom stereocenters. The van der Waals surface area contributed by atoms with E-state index in [1.165, 1.54) is 11.6 Å². The van der Waals surface area contributed by atoms with Crippen LogP contribution >= 0.6 is 0 Å². The number of aryl methyl sites for hydroxylation is 1. The van der Waals surface area contributed by atoms with Crippen LogP contribution in [0, 0.1) is 18.3 Å². The van der Waals surface area contributed by atoms with Crippen molar-refractivity contribution in [3.05, 3.63) is 88.5 Å². The third kappa shape index (κ3) is 2.36. The third-order valence-corrected chi connectivity index (χ3v) is 5.85. The molecule has 0 bridgehead atoms. The highest BCUT2D eigenvalue weighted by atomic mass is 16.5. The minimum absolute atomic E-state index is 0.0763. The first kappa shape index (κ1) is 17.3. The van der Waals surface area contributed by atoms with Gasteiger partial charge in [-0.1, -0.05) is 48.0 Å². The molecule has 1 amide bonds. The fourth-order valence-electron chi connectivity index (χ4n) is 4.33. The molecule has 0 saturated carbocycles. The van der Waals surface area contributed by atoms with Gasteiger partial charge in [-0.05, 0) is 30.2 Å². The lowest BCUT2D eigenvalue weighted by atomic mass is 9.76. The molecule has 29 heavy (non-hydrogen) atoms. The molecule has 5 nitrogen and oxygen atoms in total. The molecule has 1 N–H and O–H groups in total. The zero-order valence-corrected chi connectivity index (χ0v) is 15.8. The van der Waals surface area contributed by atoms with Crippen LogP contribution in [0.3, 0.4) is 0 Å². The van der Waals surface area contributed by atoms with Gasteiger partial charge in [-0.15, -0.1) is 0 Å². The number of carbonyl (C=O) groups excluding carboxylic acids is 1. The van der Waals surface area contributed by atoms with Crippen molar-refractivity contribution in [1.29, 1.82) is 5.26 Å². The number of phenols is 1. The van der Waals surface area contributed by atoms with E-state index in [4.69, 9.17) is 4.74 Å². The normalized spacial score (nSPS) is 19.0. The third-order valence-electron chi connectivity index (χ3n) is 5.85. The number of phenolic OH excluding ortho intramolecular Hbond substituents is 1. The molecule has 1 spiro atoms. The van der Waals surface area contributed by atoms with Crippen molar-refractivity contribution in [2.75, 3.05) is 11.5 Å². The molecule has 0 aliphatic carbocycles. The first-order valence-electron chi connectivity index (χ1n) is 9.42. The van der Waals surface area contributed by atoms with Crippen molar-refractivity contribution in [3.63, 3.8) is 0 Å². The largest absolute Gasteiger partial charge is 0.506 e. The maximum atomic E-state index is 13.8. The summed E-state index contributed by atoms with van der Waals surface area (Å²) in [6, 6.07) is 20.9. The monoisotopic (exact) mass is 382 g/mol. The van der Waals surface area contributed by atoms with Crippen molar-refractivity contribution >= 4 is 11.6 Å². The number of nitriles is 1. The molecule has 0 aromatic heterocycles. The average Bonchev–Trinajstić information content (AvgIpc) is 3.21. The fraction of sp³-hybridized carbons (Fsp3) is 0.167.